The van der Waals surface area contributed by atoms with Gasteiger partial charge in [0.25, 0.3) is 5.91 Å². The fraction of sp³-hybridized carbons (Fsp3) is 0.545. The first-order chi connectivity index (χ1) is 8.06. The van der Waals surface area contributed by atoms with Crippen molar-refractivity contribution in [3.8, 4) is 0 Å². The van der Waals surface area contributed by atoms with E-state index in [1.54, 1.807) is 20.8 Å². The van der Waals surface area contributed by atoms with Gasteiger partial charge < -0.3 is 14.6 Å². The van der Waals surface area contributed by atoms with Crippen molar-refractivity contribution in [2.45, 2.75) is 27.2 Å². The maximum absolute atomic E-state index is 11.7. The zero-order valence-electron chi connectivity index (χ0n) is 10.2. The highest BCUT2D eigenvalue weighted by Gasteiger charge is 2.17. The van der Waals surface area contributed by atoms with Gasteiger partial charge in [-0.25, -0.2) is 0 Å². The molecule has 0 aliphatic carbocycles. The number of nitrogens with zero attached hydrogens (tertiary/aromatic N) is 1. The number of esters is 1. The number of carbonyl (C=O) groups excluding carboxylic acids is 2. The van der Waals surface area contributed by atoms with E-state index in [9.17, 15) is 9.59 Å². The van der Waals surface area contributed by atoms with E-state index in [2.05, 4.69) is 10.5 Å². The molecule has 0 aliphatic heterocycles. The van der Waals surface area contributed by atoms with Crippen LogP contribution in [-0.2, 0) is 9.53 Å². The average molecular weight is 240 g/mol. The maximum atomic E-state index is 11.7. The van der Waals surface area contributed by atoms with Gasteiger partial charge in [-0.3, -0.25) is 9.59 Å². The summed E-state index contributed by atoms with van der Waals surface area (Å²) in [5.41, 5.74) is 0.963. The van der Waals surface area contributed by atoms with E-state index in [-0.39, 0.29) is 24.8 Å². The standard InChI is InChI=1S/C11H16N2O4/c1-4-16-9(14)5-6-12-11(15)10-7(2)13-17-8(10)3/h4-6H2,1-3H3,(H,12,15). The molecule has 0 saturated carbocycles. The first-order valence-electron chi connectivity index (χ1n) is 5.43. The van der Waals surface area contributed by atoms with Crippen molar-refractivity contribution >= 4 is 11.9 Å². The highest BCUT2D eigenvalue weighted by atomic mass is 16.5. The summed E-state index contributed by atoms with van der Waals surface area (Å²) in [6, 6.07) is 0. The first-order valence-corrected chi connectivity index (χ1v) is 5.43. The van der Waals surface area contributed by atoms with Gasteiger partial charge in [0, 0.05) is 6.54 Å². The molecule has 1 rings (SSSR count). The summed E-state index contributed by atoms with van der Waals surface area (Å²) < 4.78 is 9.62. The topological polar surface area (TPSA) is 81.4 Å². The molecule has 6 nitrogen and oxygen atoms in total. The molecule has 0 aliphatic rings. The maximum Gasteiger partial charge on any atom is 0.307 e. The summed E-state index contributed by atoms with van der Waals surface area (Å²) in [5, 5.41) is 6.30. The van der Waals surface area contributed by atoms with Gasteiger partial charge >= 0.3 is 5.97 Å². The Morgan fingerprint density at radius 1 is 1.41 bits per heavy atom. The van der Waals surface area contributed by atoms with Crippen LogP contribution in [0.15, 0.2) is 4.52 Å². The molecule has 1 aromatic rings. The van der Waals surface area contributed by atoms with Crippen molar-refractivity contribution in [1.29, 1.82) is 0 Å². The van der Waals surface area contributed by atoms with Crippen LogP contribution in [0.3, 0.4) is 0 Å². The lowest BCUT2D eigenvalue weighted by Gasteiger charge is -2.04. The van der Waals surface area contributed by atoms with Crippen LogP contribution in [0.25, 0.3) is 0 Å². The molecule has 0 saturated heterocycles. The molecule has 0 aromatic carbocycles. The van der Waals surface area contributed by atoms with E-state index in [4.69, 9.17) is 9.26 Å². The van der Waals surface area contributed by atoms with E-state index < -0.39 is 0 Å². The summed E-state index contributed by atoms with van der Waals surface area (Å²) in [5.74, 6) is -0.145. The quantitative estimate of drug-likeness (QED) is 0.776. The van der Waals surface area contributed by atoms with Crippen molar-refractivity contribution in [1.82, 2.24) is 10.5 Å². The second kappa shape index (κ2) is 6.03. The number of nitrogens with one attached hydrogen (secondary N) is 1. The number of aryl methyl sites for hydroxylation is 2. The summed E-state index contributed by atoms with van der Waals surface area (Å²) >= 11 is 0. The zero-order chi connectivity index (χ0) is 12.8. The lowest BCUT2D eigenvalue weighted by Crippen LogP contribution is -2.27. The predicted molar refractivity (Wildman–Crippen MR) is 59.6 cm³/mol. The lowest BCUT2D eigenvalue weighted by molar-refractivity contribution is -0.142. The Morgan fingerprint density at radius 2 is 2.12 bits per heavy atom. The summed E-state index contributed by atoms with van der Waals surface area (Å²) in [4.78, 5) is 22.8. The minimum absolute atomic E-state index is 0.156. The smallest absolute Gasteiger partial charge is 0.307 e. The van der Waals surface area contributed by atoms with Crippen LogP contribution in [0.5, 0.6) is 0 Å². The zero-order valence-corrected chi connectivity index (χ0v) is 10.2. The normalized spacial score (nSPS) is 10.1. The van der Waals surface area contributed by atoms with Crippen LogP contribution in [-0.4, -0.2) is 30.2 Å². The van der Waals surface area contributed by atoms with E-state index >= 15 is 0 Å². The van der Waals surface area contributed by atoms with Crippen molar-refractivity contribution in [3.05, 3.63) is 17.0 Å². The average Bonchev–Trinajstić information content (AvgIpc) is 2.59. The second-order valence-corrected chi connectivity index (χ2v) is 3.51. The van der Waals surface area contributed by atoms with Gasteiger partial charge in [-0.05, 0) is 20.8 Å². The SMILES string of the molecule is CCOC(=O)CCNC(=O)c1c(C)noc1C. The van der Waals surface area contributed by atoms with Crippen LogP contribution in [0.1, 0.15) is 35.2 Å². The first kappa shape index (κ1) is 13.2. The molecule has 6 heteroatoms. The van der Waals surface area contributed by atoms with Gasteiger partial charge in [0.2, 0.25) is 0 Å². The van der Waals surface area contributed by atoms with Crippen LogP contribution in [0, 0.1) is 13.8 Å². The molecule has 1 heterocycles. The molecule has 0 atom stereocenters. The Hall–Kier alpha value is -1.85. The van der Waals surface area contributed by atoms with Crippen LogP contribution >= 0.6 is 0 Å². The molecule has 0 fully saturated rings. The van der Waals surface area contributed by atoms with Gasteiger partial charge in [-0.15, -0.1) is 0 Å². The lowest BCUT2D eigenvalue weighted by atomic mass is 10.2. The van der Waals surface area contributed by atoms with Crippen LogP contribution in [0.4, 0.5) is 0 Å². The Morgan fingerprint density at radius 3 is 2.65 bits per heavy atom. The number of rotatable bonds is 5. The Labute approximate surface area is 99.3 Å². The molecule has 1 N–H and O–H groups in total. The van der Waals surface area contributed by atoms with E-state index in [1.807, 2.05) is 0 Å². The minimum Gasteiger partial charge on any atom is -0.466 e. The van der Waals surface area contributed by atoms with Crippen molar-refractivity contribution < 1.29 is 18.8 Å². The van der Waals surface area contributed by atoms with E-state index in [1.165, 1.54) is 0 Å². The van der Waals surface area contributed by atoms with Crippen LogP contribution in [0.2, 0.25) is 0 Å². The summed E-state index contributed by atoms with van der Waals surface area (Å²) in [7, 11) is 0. The molecule has 1 amide bonds. The molecule has 94 valence electrons. The third-order valence-corrected chi connectivity index (χ3v) is 2.18. The minimum atomic E-state index is -0.327. The van der Waals surface area contributed by atoms with Crippen molar-refractivity contribution in [2.75, 3.05) is 13.2 Å². The second-order valence-electron chi connectivity index (χ2n) is 3.51. The number of amides is 1. The molecule has 17 heavy (non-hydrogen) atoms. The third-order valence-electron chi connectivity index (χ3n) is 2.18. The largest absolute Gasteiger partial charge is 0.466 e. The fourth-order valence-corrected chi connectivity index (χ4v) is 1.41. The Bertz CT molecular complexity index is 392. The molecule has 0 radical (unpaired) electrons. The molecule has 0 unspecified atom stereocenters. The van der Waals surface area contributed by atoms with Gasteiger partial charge in [-0.2, -0.15) is 0 Å². The molecule has 0 spiro atoms. The number of carbonyl (C=O) groups is 2. The highest BCUT2D eigenvalue weighted by Crippen LogP contribution is 2.11. The number of hydrogen-bond donors (Lipinski definition) is 1. The van der Waals surface area contributed by atoms with Crippen molar-refractivity contribution in [2.24, 2.45) is 0 Å². The molecular formula is C11H16N2O4. The third kappa shape index (κ3) is 3.58. The predicted octanol–water partition coefficient (Wildman–Crippen LogP) is 0.974. The molecule has 1 aromatic heterocycles. The van der Waals surface area contributed by atoms with E-state index in [0.29, 0.717) is 23.6 Å². The van der Waals surface area contributed by atoms with Crippen molar-refractivity contribution in [3.63, 3.8) is 0 Å². The Balaban J connectivity index is 2.43. The van der Waals surface area contributed by atoms with Gasteiger partial charge in [-0.1, -0.05) is 5.16 Å². The van der Waals surface area contributed by atoms with Gasteiger partial charge in [0.05, 0.1) is 18.7 Å². The summed E-state index contributed by atoms with van der Waals surface area (Å²) in [6.45, 7) is 5.68. The van der Waals surface area contributed by atoms with Crippen LogP contribution < -0.4 is 5.32 Å². The highest BCUT2D eigenvalue weighted by molar-refractivity contribution is 5.96. The monoisotopic (exact) mass is 240 g/mol. The molecular weight excluding hydrogens is 224 g/mol. The van der Waals surface area contributed by atoms with E-state index in [0.717, 1.165) is 0 Å². The number of hydrogen-bond acceptors (Lipinski definition) is 5. The van der Waals surface area contributed by atoms with Gasteiger partial charge in [0.15, 0.2) is 0 Å². The Kier molecular flexibility index (Phi) is 4.68. The number of aromatic nitrogens is 1. The van der Waals surface area contributed by atoms with Gasteiger partial charge in [0.1, 0.15) is 11.3 Å². The summed E-state index contributed by atoms with van der Waals surface area (Å²) in [6.07, 6.45) is 0.156. The molecule has 0 bridgehead atoms. The fourth-order valence-electron chi connectivity index (χ4n) is 1.41. The number of ether oxygens (including phenoxy) is 1.